The molecule has 0 aliphatic heterocycles. The van der Waals surface area contributed by atoms with E-state index in [1.807, 2.05) is 31.2 Å². The van der Waals surface area contributed by atoms with E-state index in [1.54, 1.807) is 11.3 Å². The number of esters is 1. The zero-order valence-electron chi connectivity index (χ0n) is 10.1. The van der Waals surface area contributed by atoms with Gasteiger partial charge in [0, 0.05) is 15.5 Å². The minimum absolute atomic E-state index is 0.215. The number of aromatic nitrogens is 1. The summed E-state index contributed by atoms with van der Waals surface area (Å²) in [6.45, 7) is 1.95. The van der Waals surface area contributed by atoms with Crippen LogP contribution in [-0.2, 0) is 16.0 Å². The van der Waals surface area contributed by atoms with Crippen molar-refractivity contribution in [1.82, 2.24) is 4.98 Å². The first kappa shape index (κ1) is 13.1. The third-order valence-corrected chi connectivity index (χ3v) is 3.84. The van der Waals surface area contributed by atoms with Gasteiger partial charge in [-0.2, -0.15) is 0 Å². The largest absolute Gasteiger partial charge is 0.469 e. The number of methoxy groups -OCH3 is 1. The Morgan fingerprint density at radius 1 is 1.39 bits per heavy atom. The third-order valence-electron chi connectivity index (χ3n) is 2.52. The summed E-state index contributed by atoms with van der Waals surface area (Å²) in [7, 11) is 1.38. The number of carbonyl (C=O) groups is 1. The van der Waals surface area contributed by atoms with E-state index in [1.165, 1.54) is 7.11 Å². The number of ether oxygens (including phenoxy) is 1. The van der Waals surface area contributed by atoms with Gasteiger partial charge in [-0.15, -0.1) is 11.3 Å². The lowest BCUT2D eigenvalue weighted by Gasteiger charge is -1.97. The fourth-order valence-electron chi connectivity index (χ4n) is 1.52. The quantitative estimate of drug-likeness (QED) is 0.809. The molecule has 5 heteroatoms. The first-order valence-electron chi connectivity index (χ1n) is 5.39. The lowest BCUT2D eigenvalue weighted by Crippen LogP contribution is -2.05. The highest BCUT2D eigenvalue weighted by Gasteiger charge is 2.13. The Morgan fingerprint density at radius 2 is 2.06 bits per heavy atom. The van der Waals surface area contributed by atoms with Crippen molar-refractivity contribution >= 4 is 28.9 Å². The maximum Gasteiger partial charge on any atom is 0.311 e. The molecule has 1 aromatic heterocycles. The molecule has 0 N–H and O–H groups in total. The Labute approximate surface area is 114 Å². The van der Waals surface area contributed by atoms with E-state index >= 15 is 0 Å². The van der Waals surface area contributed by atoms with Gasteiger partial charge in [-0.05, 0) is 19.1 Å². The van der Waals surface area contributed by atoms with Gasteiger partial charge in [0.05, 0.1) is 19.2 Å². The average Bonchev–Trinajstić information content (AvgIpc) is 2.71. The predicted octanol–water partition coefficient (Wildman–Crippen LogP) is 3.49. The van der Waals surface area contributed by atoms with Crippen LogP contribution in [0.25, 0.3) is 10.6 Å². The molecule has 0 unspecified atom stereocenters. The Balaban J connectivity index is 2.28. The molecule has 1 heterocycles. The van der Waals surface area contributed by atoms with Crippen LogP contribution in [0.2, 0.25) is 5.02 Å². The molecule has 0 aliphatic rings. The van der Waals surface area contributed by atoms with Crippen LogP contribution >= 0.6 is 22.9 Å². The topological polar surface area (TPSA) is 39.2 Å². The van der Waals surface area contributed by atoms with Gasteiger partial charge < -0.3 is 4.74 Å². The van der Waals surface area contributed by atoms with Gasteiger partial charge in [-0.1, -0.05) is 23.7 Å². The lowest BCUT2D eigenvalue weighted by molar-refractivity contribution is -0.139. The van der Waals surface area contributed by atoms with Crippen molar-refractivity contribution < 1.29 is 9.53 Å². The van der Waals surface area contributed by atoms with E-state index in [9.17, 15) is 4.79 Å². The number of rotatable bonds is 3. The summed E-state index contributed by atoms with van der Waals surface area (Å²) < 4.78 is 4.65. The van der Waals surface area contributed by atoms with Crippen LogP contribution in [0.15, 0.2) is 24.3 Å². The zero-order chi connectivity index (χ0) is 13.1. The molecule has 0 radical (unpaired) electrons. The van der Waals surface area contributed by atoms with Crippen molar-refractivity contribution in [1.29, 1.82) is 0 Å². The van der Waals surface area contributed by atoms with Crippen LogP contribution in [0.4, 0.5) is 0 Å². The highest BCUT2D eigenvalue weighted by molar-refractivity contribution is 7.15. The highest BCUT2D eigenvalue weighted by atomic mass is 35.5. The molecule has 0 saturated heterocycles. The van der Waals surface area contributed by atoms with Crippen molar-refractivity contribution in [3.8, 4) is 10.6 Å². The fourth-order valence-corrected chi connectivity index (χ4v) is 2.58. The standard InChI is InChI=1S/C13H12ClNO2S/c1-8-11(7-12(16)17-2)15-13(18-8)9-3-5-10(14)6-4-9/h3-6H,7H2,1-2H3. The molecule has 3 nitrogen and oxygen atoms in total. The van der Waals surface area contributed by atoms with Gasteiger partial charge in [0.1, 0.15) is 5.01 Å². The molecule has 0 fully saturated rings. The minimum atomic E-state index is -0.272. The summed E-state index contributed by atoms with van der Waals surface area (Å²) >= 11 is 7.41. The maximum atomic E-state index is 11.2. The van der Waals surface area contributed by atoms with E-state index in [2.05, 4.69) is 9.72 Å². The first-order valence-corrected chi connectivity index (χ1v) is 6.58. The number of aryl methyl sites for hydroxylation is 1. The number of hydrogen-bond donors (Lipinski definition) is 0. The number of halogens is 1. The lowest BCUT2D eigenvalue weighted by atomic mass is 10.2. The summed E-state index contributed by atoms with van der Waals surface area (Å²) in [5, 5.41) is 1.59. The van der Waals surface area contributed by atoms with Crippen molar-refractivity contribution in [2.45, 2.75) is 13.3 Å². The highest BCUT2D eigenvalue weighted by Crippen LogP contribution is 2.28. The zero-order valence-corrected chi connectivity index (χ0v) is 11.6. The Bertz CT molecular complexity index is 563. The molecular weight excluding hydrogens is 270 g/mol. The van der Waals surface area contributed by atoms with Crippen molar-refractivity contribution in [3.63, 3.8) is 0 Å². The van der Waals surface area contributed by atoms with Gasteiger partial charge >= 0.3 is 5.97 Å². The molecule has 94 valence electrons. The van der Waals surface area contributed by atoms with E-state index < -0.39 is 0 Å². The second-order valence-electron chi connectivity index (χ2n) is 3.78. The first-order chi connectivity index (χ1) is 8.60. The molecule has 0 bridgehead atoms. The fraction of sp³-hybridized carbons (Fsp3) is 0.231. The average molecular weight is 282 g/mol. The van der Waals surface area contributed by atoms with Gasteiger partial charge in [0.25, 0.3) is 0 Å². The molecule has 0 saturated carbocycles. The SMILES string of the molecule is COC(=O)Cc1nc(-c2ccc(Cl)cc2)sc1C. The van der Waals surface area contributed by atoms with Crippen molar-refractivity contribution in [2.75, 3.05) is 7.11 Å². The monoisotopic (exact) mass is 281 g/mol. The summed E-state index contributed by atoms with van der Waals surface area (Å²) in [5.74, 6) is -0.272. The number of carbonyl (C=O) groups excluding carboxylic acids is 1. The smallest absolute Gasteiger partial charge is 0.311 e. The number of benzene rings is 1. The third kappa shape index (κ3) is 2.89. The molecule has 2 aromatic rings. The number of thiazole rings is 1. The van der Waals surface area contributed by atoms with Crippen molar-refractivity contribution in [3.05, 3.63) is 39.9 Å². The van der Waals surface area contributed by atoms with Crippen LogP contribution < -0.4 is 0 Å². The normalized spacial score (nSPS) is 10.4. The molecule has 0 amide bonds. The van der Waals surface area contributed by atoms with Crippen LogP contribution in [0, 0.1) is 6.92 Å². The Hall–Kier alpha value is -1.39. The number of nitrogens with zero attached hydrogens (tertiary/aromatic N) is 1. The summed E-state index contributed by atoms with van der Waals surface area (Å²) in [5.41, 5.74) is 1.78. The van der Waals surface area contributed by atoms with E-state index in [0.717, 1.165) is 21.1 Å². The van der Waals surface area contributed by atoms with E-state index in [4.69, 9.17) is 11.6 Å². The predicted molar refractivity (Wildman–Crippen MR) is 73.0 cm³/mol. The molecule has 2 rings (SSSR count). The number of hydrogen-bond acceptors (Lipinski definition) is 4. The molecule has 1 aromatic carbocycles. The Morgan fingerprint density at radius 3 is 2.67 bits per heavy atom. The van der Waals surface area contributed by atoms with Gasteiger partial charge in [0.15, 0.2) is 0 Å². The molecule has 0 spiro atoms. The van der Waals surface area contributed by atoms with Crippen LogP contribution in [-0.4, -0.2) is 18.1 Å². The van der Waals surface area contributed by atoms with Gasteiger partial charge in [-0.25, -0.2) is 4.98 Å². The second kappa shape index (κ2) is 5.50. The minimum Gasteiger partial charge on any atom is -0.469 e. The molecule has 18 heavy (non-hydrogen) atoms. The maximum absolute atomic E-state index is 11.2. The second-order valence-corrected chi connectivity index (χ2v) is 5.42. The van der Waals surface area contributed by atoms with E-state index in [-0.39, 0.29) is 12.4 Å². The molecular formula is C13H12ClNO2S. The van der Waals surface area contributed by atoms with Gasteiger partial charge in [-0.3, -0.25) is 4.79 Å². The van der Waals surface area contributed by atoms with Crippen molar-refractivity contribution in [2.24, 2.45) is 0 Å². The summed E-state index contributed by atoms with van der Waals surface area (Å²) in [6.07, 6.45) is 0.215. The Kier molecular flexibility index (Phi) is 3.99. The summed E-state index contributed by atoms with van der Waals surface area (Å²) in [6, 6.07) is 7.49. The molecule has 0 aliphatic carbocycles. The van der Waals surface area contributed by atoms with Gasteiger partial charge in [0.2, 0.25) is 0 Å². The van der Waals surface area contributed by atoms with Crippen LogP contribution in [0.3, 0.4) is 0 Å². The van der Waals surface area contributed by atoms with E-state index in [0.29, 0.717) is 5.02 Å². The van der Waals surface area contributed by atoms with Crippen LogP contribution in [0.5, 0.6) is 0 Å². The summed E-state index contributed by atoms with van der Waals surface area (Å²) in [4.78, 5) is 16.8. The molecule has 0 atom stereocenters. The van der Waals surface area contributed by atoms with Crippen LogP contribution in [0.1, 0.15) is 10.6 Å².